The molecule has 2 aromatic carbocycles. The lowest BCUT2D eigenvalue weighted by Crippen LogP contribution is -2.42. The molecule has 1 amide bonds. The summed E-state index contributed by atoms with van der Waals surface area (Å²) in [6, 6.07) is 12.4. The third-order valence-corrected chi connectivity index (χ3v) is 9.24. The van der Waals surface area contributed by atoms with Gasteiger partial charge in [0.2, 0.25) is 15.0 Å². The molecule has 0 spiro atoms. The minimum Gasteiger partial charge on any atom is -0.481 e. The Bertz CT molecular complexity index is 1440. The number of sulfone groups is 1. The Kier molecular flexibility index (Phi) is 6.70. The molecule has 3 aromatic rings. The number of hydrogen-bond acceptors (Lipinski definition) is 6. The van der Waals surface area contributed by atoms with E-state index in [-0.39, 0.29) is 23.0 Å². The van der Waals surface area contributed by atoms with Crippen LogP contribution in [-0.2, 0) is 31.5 Å². The molecule has 1 saturated carbocycles. The van der Waals surface area contributed by atoms with Crippen LogP contribution >= 0.6 is 0 Å². The van der Waals surface area contributed by atoms with Crippen molar-refractivity contribution in [3.63, 3.8) is 0 Å². The van der Waals surface area contributed by atoms with Crippen LogP contribution < -0.4 is 4.90 Å². The van der Waals surface area contributed by atoms with Crippen LogP contribution in [0.15, 0.2) is 47.6 Å². The summed E-state index contributed by atoms with van der Waals surface area (Å²) < 4.78 is 34.4. The topological polar surface area (TPSA) is 119 Å². The molecule has 0 bridgehead atoms. The molecule has 1 fully saturated rings. The van der Waals surface area contributed by atoms with Gasteiger partial charge in [-0.15, -0.1) is 0 Å². The van der Waals surface area contributed by atoms with E-state index in [1.54, 1.807) is 29.2 Å². The number of imidazole rings is 1. The zero-order valence-electron chi connectivity index (χ0n) is 21.0. The maximum absolute atomic E-state index is 13.8. The molecule has 5 rings (SSSR count). The maximum atomic E-state index is 13.8. The van der Waals surface area contributed by atoms with Crippen LogP contribution in [0.25, 0.3) is 11.0 Å². The van der Waals surface area contributed by atoms with E-state index in [0.717, 1.165) is 5.56 Å². The Labute approximate surface area is 216 Å². The summed E-state index contributed by atoms with van der Waals surface area (Å²) in [4.78, 5) is 30.5. The highest BCUT2D eigenvalue weighted by molar-refractivity contribution is 7.90. The van der Waals surface area contributed by atoms with Gasteiger partial charge in [-0.1, -0.05) is 30.3 Å². The quantitative estimate of drug-likeness (QED) is 0.511. The van der Waals surface area contributed by atoms with Crippen molar-refractivity contribution in [2.75, 3.05) is 12.0 Å². The lowest BCUT2D eigenvalue weighted by Gasteiger charge is -2.34. The monoisotopic (exact) mass is 525 g/mol. The molecule has 196 valence electrons. The number of benzene rings is 2. The van der Waals surface area contributed by atoms with Gasteiger partial charge in [-0.3, -0.25) is 9.69 Å². The van der Waals surface area contributed by atoms with Crippen LogP contribution in [0.2, 0.25) is 0 Å². The molecule has 1 aromatic heterocycles. The van der Waals surface area contributed by atoms with E-state index in [4.69, 9.17) is 9.72 Å². The number of carboxylic acid groups (broad SMARTS) is 1. The Morgan fingerprint density at radius 2 is 1.76 bits per heavy atom. The fraction of sp³-hybridized carbons (Fsp3) is 0.444. The fourth-order valence-electron chi connectivity index (χ4n) is 5.77. The number of carbonyl (C=O) groups is 2. The van der Waals surface area contributed by atoms with E-state index >= 15 is 0 Å². The number of ether oxygens (including phenoxy) is 1. The van der Waals surface area contributed by atoms with Gasteiger partial charge in [0, 0.05) is 17.6 Å². The maximum Gasteiger partial charge on any atom is 0.414 e. The molecule has 37 heavy (non-hydrogen) atoms. The van der Waals surface area contributed by atoms with Gasteiger partial charge in [0.05, 0.1) is 35.5 Å². The van der Waals surface area contributed by atoms with Crippen LogP contribution in [0.4, 0.5) is 10.5 Å². The molecular formula is C27H31N3O6S. The smallest absolute Gasteiger partial charge is 0.414 e. The van der Waals surface area contributed by atoms with Crippen molar-refractivity contribution in [2.45, 2.75) is 68.4 Å². The first kappa shape index (κ1) is 25.3. The molecule has 0 saturated heterocycles. The second-order valence-electron chi connectivity index (χ2n) is 10.0. The van der Waals surface area contributed by atoms with Crippen LogP contribution in [0.1, 0.15) is 56.2 Å². The van der Waals surface area contributed by atoms with Gasteiger partial charge < -0.3 is 14.4 Å². The molecule has 0 radical (unpaired) electrons. The lowest BCUT2D eigenvalue weighted by molar-refractivity contribution is -0.143. The van der Waals surface area contributed by atoms with E-state index in [9.17, 15) is 23.1 Å². The van der Waals surface area contributed by atoms with Crippen molar-refractivity contribution in [1.82, 2.24) is 9.55 Å². The summed E-state index contributed by atoms with van der Waals surface area (Å²) >= 11 is 0. The van der Waals surface area contributed by atoms with E-state index in [2.05, 4.69) is 0 Å². The summed E-state index contributed by atoms with van der Waals surface area (Å²) in [5, 5.41) is 9.46. The highest BCUT2D eigenvalue weighted by Gasteiger charge is 2.36. The van der Waals surface area contributed by atoms with E-state index in [1.165, 1.54) is 7.11 Å². The normalized spacial score (nSPS) is 22.0. The molecule has 10 heteroatoms. The first-order valence-corrected chi connectivity index (χ1v) is 14.3. The van der Waals surface area contributed by atoms with Crippen LogP contribution in [0.3, 0.4) is 0 Å². The number of fused-ring (bicyclic) bond motifs is 3. The molecule has 9 nitrogen and oxygen atoms in total. The predicted molar refractivity (Wildman–Crippen MR) is 138 cm³/mol. The molecule has 1 N–H and O–H groups in total. The molecule has 2 heterocycles. The Hall–Kier alpha value is -3.40. The summed E-state index contributed by atoms with van der Waals surface area (Å²) in [7, 11) is -2.48. The van der Waals surface area contributed by atoms with Crippen molar-refractivity contribution in [1.29, 1.82) is 0 Å². The Balaban J connectivity index is 1.66. The summed E-state index contributed by atoms with van der Waals surface area (Å²) in [5.41, 5.74) is 3.46. The third-order valence-electron chi connectivity index (χ3n) is 7.68. The van der Waals surface area contributed by atoms with E-state index < -0.39 is 27.8 Å². The van der Waals surface area contributed by atoms with Crippen LogP contribution in [0.5, 0.6) is 0 Å². The number of aliphatic carboxylic acids is 1. The average Bonchev–Trinajstić information content (AvgIpc) is 3.29. The Morgan fingerprint density at radius 3 is 2.41 bits per heavy atom. The predicted octanol–water partition coefficient (Wildman–Crippen LogP) is 4.73. The number of nitrogens with zero attached hydrogens (tertiary/aromatic N) is 3. The minimum absolute atomic E-state index is 0.00164. The van der Waals surface area contributed by atoms with Gasteiger partial charge in [-0.05, 0) is 63.1 Å². The number of aromatic nitrogens is 2. The first-order valence-electron chi connectivity index (χ1n) is 12.6. The van der Waals surface area contributed by atoms with Crippen molar-refractivity contribution in [2.24, 2.45) is 5.92 Å². The zero-order chi connectivity index (χ0) is 26.3. The van der Waals surface area contributed by atoms with E-state index in [1.807, 2.05) is 29.7 Å². The van der Waals surface area contributed by atoms with Crippen LogP contribution in [0, 0.1) is 5.92 Å². The van der Waals surface area contributed by atoms with Gasteiger partial charge in [-0.2, -0.15) is 0 Å². The standard InChI is InChI=1S/C27H31N3O6S/c1-17-8-13-21-22(29(17)27(33)36-2)14-15-23-24(21)28-26(37(34,35)16-18-6-4-3-5-7-18)30(23)20-11-9-19(10-12-20)25(31)32/h3-7,14-15,17,19-20H,8-13,16H2,1-2H3,(H,31,32)/t17-,19-,20-/m0/s1. The van der Waals surface area contributed by atoms with Crippen molar-refractivity contribution in [3.8, 4) is 0 Å². The van der Waals surface area contributed by atoms with Gasteiger partial charge in [0.1, 0.15) is 0 Å². The third kappa shape index (κ3) is 4.58. The molecule has 1 aliphatic carbocycles. The number of carboxylic acids is 1. The number of carbonyl (C=O) groups excluding carboxylic acids is 1. The fourth-order valence-corrected chi connectivity index (χ4v) is 7.30. The molecule has 1 aliphatic heterocycles. The van der Waals surface area contributed by atoms with Gasteiger partial charge >= 0.3 is 12.1 Å². The van der Waals surface area contributed by atoms with Gasteiger partial charge in [0.25, 0.3) is 0 Å². The zero-order valence-corrected chi connectivity index (χ0v) is 21.8. The average molecular weight is 526 g/mol. The minimum atomic E-state index is -3.83. The molecule has 0 unspecified atom stereocenters. The largest absolute Gasteiger partial charge is 0.481 e. The van der Waals surface area contributed by atoms with Crippen LogP contribution in [-0.4, -0.2) is 48.3 Å². The van der Waals surface area contributed by atoms with E-state index in [0.29, 0.717) is 60.8 Å². The highest BCUT2D eigenvalue weighted by Crippen LogP contribution is 2.41. The SMILES string of the molecule is COC(=O)N1c2ccc3c(nc(S(=O)(=O)Cc4ccccc4)n3[C@H]3CC[C@H](C(=O)O)CC3)c2CC[C@@H]1C. The summed E-state index contributed by atoms with van der Waals surface area (Å²) in [5.74, 6) is -1.41. The lowest BCUT2D eigenvalue weighted by atomic mass is 9.86. The van der Waals surface area contributed by atoms with Gasteiger partial charge in [0.15, 0.2) is 0 Å². The Morgan fingerprint density at radius 1 is 1.05 bits per heavy atom. The number of rotatable bonds is 5. The second-order valence-corrected chi connectivity index (χ2v) is 11.9. The van der Waals surface area contributed by atoms with Crippen molar-refractivity contribution in [3.05, 3.63) is 53.6 Å². The highest BCUT2D eigenvalue weighted by atomic mass is 32.2. The first-order chi connectivity index (χ1) is 17.7. The molecular weight excluding hydrogens is 494 g/mol. The van der Waals surface area contributed by atoms with Gasteiger partial charge in [-0.25, -0.2) is 18.2 Å². The summed E-state index contributed by atoms with van der Waals surface area (Å²) in [6.07, 6.45) is 2.97. The molecule has 1 atom stereocenters. The van der Waals surface area contributed by atoms with Crippen molar-refractivity contribution >= 4 is 38.6 Å². The number of hydrogen-bond donors (Lipinski definition) is 1. The van der Waals surface area contributed by atoms with Crippen molar-refractivity contribution < 1.29 is 27.9 Å². The number of amides is 1. The number of anilines is 1. The molecule has 2 aliphatic rings. The summed E-state index contributed by atoms with van der Waals surface area (Å²) in [6.45, 7) is 1.96. The number of methoxy groups -OCH3 is 1. The second kappa shape index (κ2) is 9.81. The number of aryl methyl sites for hydroxylation is 1.